The summed E-state index contributed by atoms with van der Waals surface area (Å²) in [7, 11) is 0. The lowest BCUT2D eigenvalue weighted by molar-refractivity contribution is -0.384. The Morgan fingerprint density at radius 2 is 1.85 bits per heavy atom. The van der Waals surface area contributed by atoms with Crippen LogP contribution in [0.3, 0.4) is 0 Å². The highest BCUT2D eigenvalue weighted by atomic mass is 35.5. The minimum absolute atomic E-state index is 0.0518. The van der Waals surface area contributed by atoms with Crippen molar-refractivity contribution in [1.82, 2.24) is 5.43 Å². The quantitative estimate of drug-likeness (QED) is 0.247. The number of furan rings is 1. The number of hydrazone groups is 1. The molecule has 1 aliphatic heterocycles. The zero-order valence-corrected chi connectivity index (χ0v) is 18.2. The number of hydrogen-bond donors (Lipinski definition) is 1. The number of hydrogen-bond acceptors (Lipinski definition) is 7. The maximum absolute atomic E-state index is 12.5. The Labute approximate surface area is 197 Å². The molecule has 0 fully saturated rings. The topological polar surface area (TPSA) is 116 Å². The first kappa shape index (κ1) is 21.5. The van der Waals surface area contributed by atoms with Crippen LogP contribution in [0.15, 0.2) is 76.2 Å². The second-order valence-electron chi connectivity index (χ2n) is 7.42. The molecule has 3 aromatic carbocycles. The van der Waals surface area contributed by atoms with Gasteiger partial charge in [0.15, 0.2) is 11.5 Å². The van der Waals surface area contributed by atoms with Crippen molar-refractivity contribution < 1.29 is 23.6 Å². The number of nitro groups is 1. The molecule has 1 aromatic heterocycles. The normalized spacial score (nSPS) is 14.9. The highest BCUT2D eigenvalue weighted by Crippen LogP contribution is 2.36. The highest BCUT2D eigenvalue weighted by molar-refractivity contribution is 6.33. The van der Waals surface area contributed by atoms with E-state index in [1.165, 1.54) is 24.4 Å². The number of nitrogens with zero attached hydrogens (tertiary/aromatic N) is 2. The van der Waals surface area contributed by atoms with Gasteiger partial charge in [0, 0.05) is 17.7 Å². The van der Waals surface area contributed by atoms with Crippen LogP contribution in [0.1, 0.15) is 5.76 Å². The number of halogens is 1. The molecule has 0 bridgehead atoms. The van der Waals surface area contributed by atoms with E-state index in [1.54, 1.807) is 12.1 Å². The molecule has 1 N–H and O–H groups in total. The molecule has 5 rings (SSSR count). The van der Waals surface area contributed by atoms with Crippen LogP contribution in [0.5, 0.6) is 11.5 Å². The summed E-state index contributed by atoms with van der Waals surface area (Å²) in [5, 5.41) is 17.0. The fourth-order valence-corrected chi connectivity index (χ4v) is 3.77. The summed E-state index contributed by atoms with van der Waals surface area (Å²) in [6, 6.07) is 18.9. The third-order valence-electron chi connectivity index (χ3n) is 5.19. The van der Waals surface area contributed by atoms with E-state index in [0.29, 0.717) is 28.6 Å². The van der Waals surface area contributed by atoms with Crippen LogP contribution in [-0.2, 0) is 4.79 Å². The molecule has 0 saturated carbocycles. The smallest absolute Gasteiger partial charge is 0.284 e. The van der Waals surface area contributed by atoms with Crippen molar-refractivity contribution in [2.45, 2.75) is 6.10 Å². The van der Waals surface area contributed by atoms with E-state index in [9.17, 15) is 14.9 Å². The summed E-state index contributed by atoms with van der Waals surface area (Å²) in [5.41, 5.74) is 2.79. The molecule has 0 saturated heterocycles. The third kappa shape index (κ3) is 4.28. The maximum Gasteiger partial charge on any atom is 0.284 e. The van der Waals surface area contributed by atoms with Crippen molar-refractivity contribution in [3.63, 3.8) is 0 Å². The van der Waals surface area contributed by atoms with Crippen molar-refractivity contribution in [1.29, 1.82) is 0 Å². The van der Waals surface area contributed by atoms with E-state index in [4.69, 9.17) is 25.5 Å². The molecule has 0 aliphatic carbocycles. The molecule has 170 valence electrons. The van der Waals surface area contributed by atoms with Gasteiger partial charge in [-0.3, -0.25) is 14.9 Å². The van der Waals surface area contributed by atoms with E-state index in [0.717, 1.165) is 10.8 Å². The van der Waals surface area contributed by atoms with Gasteiger partial charge < -0.3 is 13.9 Å². The SMILES string of the molecule is O=C(N/N=C\c1ccc(-c2ccc([N+](=O)[O-])cc2Cl)o1)C1COc2cc3ccccc3cc2O1. The van der Waals surface area contributed by atoms with Gasteiger partial charge in [-0.1, -0.05) is 35.9 Å². The standard InChI is InChI=1S/C24H16ClN3O6/c25-19-11-16(28(30)31)5-7-18(19)20-8-6-17(33-20)12-26-27-24(29)23-13-32-21-9-14-3-1-2-4-15(14)10-22(21)34-23/h1-12,23H,13H2,(H,27,29)/b26-12-. The van der Waals surface area contributed by atoms with Gasteiger partial charge in [-0.2, -0.15) is 5.10 Å². The number of benzene rings is 3. The number of carbonyl (C=O) groups excluding carboxylic acids is 1. The zero-order chi connectivity index (χ0) is 23.7. The van der Waals surface area contributed by atoms with Crippen LogP contribution >= 0.6 is 11.6 Å². The molecule has 0 radical (unpaired) electrons. The predicted molar refractivity (Wildman–Crippen MR) is 125 cm³/mol. The minimum atomic E-state index is -0.864. The van der Waals surface area contributed by atoms with Crippen LogP contribution in [0.2, 0.25) is 5.02 Å². The van der Waals surface area contributed by atoms with Gasteiger partial charge in [-0.05, 0) is 41.1 Å². The number of carbonyl (C=O) groups is 1. The summed E-state index contributed by atoms with van der Waals surface area (Å²) in [5.74, 6) is 1.35. The Bertz CT molecular complexity index is 1450. The molecule has 2 heterocycles. The highest BCUT2D eigenvalue weighted by Gasteiger charge is 2.27. The fraction of sp³-hybridized carbons (Fsp3) is 0.0833. The lowest BCUT2D eigenvalue weighted by Crippen LogP contribution is -2.42. The molecule has 4 aromatic rings. The van der Waals surface area contributed by atoms with Gasteiger partial charge in [-0.25, -0.2) is 5.43 Å². The molecule has 1 aliphatic rings. The molecule has 10 heteroatoms. The van der Waals surface area contributed by atoms with Crippen molar-refractivity contribution in [2.75, 3.05) is 6.61 Å². The first-order valence-corrected chi connectivity index (χ1v) is 10.5. The third-order valence-corrected chi connectivity index (χ3v) is 5.50. The molecule has 1 unspecified atom stereocenters. The first-order chi connectivity index (χ1) is 16.5. The number of ether oxygens (including phenoxy) is 2. The van der Waals surface area contributed by atoms with Crippen molar-refractivity contribution in [3.8, 4) is 22.8 Å². The largest absolute Gasteiger partial charge is 0.485 e. The van der Waals surface area contributed by atoms with E-state index in [1.807, 2.05) is 36.4 Å². The van der Waals surface area contributed by atoms with Gasteiger partial charge in [0.1, 0.15) is 18.1 Å². The summed E-state index contributed by atoms with van der Waals surface area (Å²) in [6.07, 6.45) is 0.461. The predicted octanol–water partition coefficient (Wildman–Crippen LogP) is 4.95. The van der Waals surface area contributed by atoms with E-state index in [-0.39, 0.29) is 17.3 Å². The van der Waals surface area contributed by atoms with Crippen LogP contribution in [0.25, 0.3) is 22.1 Å². The van der Waals surface area contributed by atoms with Crippen LogP contribution in [0, 0.1) is 10.1 Å². The molecule has 0 spiro atoms. The lowest BCUT2D eigenvalue weighted by Gasteiger charge is -2.25. The zero-order valence-electron chi connectivity index (χ0n) is 17.4. The van der Waals surface area contributed by atoms with Crippen LogP contribution in [-0.4, -0.2) is 29.8 Å². The monoisotopic (exact) mass is 477 g/mol. The second kappa shape index (κ2) is 8.87. The van der Waals surface area contributed by atoms with Crippen molar-refractivity contribution in [3.05, 3.63) is 87.6 Å². The van der Waals surface area contributed by atoms with Crippen LogP contribution < -0.4 is 14.9 Å². The molecule has 1 amide bonds. The first-order valence-electron chi connectivity index (χ1n) is 10.2. The number of nitro benzene ring substituents is 1. The summed E-state index contributed by atoms with van der Waals surface area (Å²) in [6.45, 7) is 0.0518. The number of non-ortho nitro benzene ring substituents is 1. The van der Waals surface area contributed by atoms with Gasteiger partial charge in [0.05, 0.1) is 16.2 Å². The molecular formula is C24H16ClN3O6. The van der Waals surface area contributed by atoms with E-state index in [2.05, 4.69) is 10.5 Å². The Kier molecular flexibility index (Phi) is 5.60. The van der Waals surface area contributed by atoms with Crippen molar-refractivity contribution >= 4 is 40.2 Å². The fourth-order valence-electron chi connectivity index (χ4n) is 3.50. The average molecular weight is 478 g/mol. The van der Waals surface area contributed by atoms with Gasteiger partial charge in [0.2, 0.25) is 6.10 Å². The van der Waals surface area contributed by atoms with Crippen LogP contribution in [0.4, 0.5) is 5.69 Å². The Balaban J connectivity index is 1.23. The number of rotatable bonds is 5. The summed E-state index contributed by atoms with van der Waals surface area (Å²) < 4.78 is 17.2. The molecule has 34 heavy (non-hydrogen) atoms. The average Bonchev–Trinajstić information content (AvgIpc) is 3.30. The van der Waals surface area contributed by atoms with Gasteiger partial charge >= 0.3 is 0 Å². The number of nitrogens with one attached hydrogen (secondary N) is 1. The van der Waals surface area contributed by atoms with Crippen molar-refractivity contribution in [2.24, 2.45) is 5.10 Å². The molecule has 9 nitrogen and oxygen atoms in total. The molecule has 1 atom stereocenters. The number of fused-ring (bicyclic) bond motifs is 2. The minimum Gasteiger partial charge on any atom is -0.485 e. The lowest BCUT2D eigenvalue weighted by atomic mass is 10.1. The maximum atomic E-state index is 12.5. The van der Waals surface area contributed by atoms with Gasteiger partial charge in [0.25, 0.3) is 11.6 Å². The van der Waals surface area contributed by atoms with Gasteiger partial charge in [-0.15, -0.1) is 0 Å². The van der Waals surface area contributed by atoms with E-state index >= 15 is 0 Å². The Morgan fingerprint density at radius 3 is 2.59 bits per heavy atom. The van der Waals surface area contributed by atoms with E-state index < -0.39 is 16.9 Å². The summed E-state index contributed by atoms with van der Waals surface area (Å²) in [4.78, 5) is 22.8. The Hall–Kier alpha value is -4.37. The molecular weight excluding hydrogens is 462 g/mol. The Morgan fingerprint density at radius 1 is 1.09 bits per heavy atom. The summed E-state index contributed by atoms with van der Waals surface area (Å²) >= 11 is 6.14. The second-order valence-corrected chi connectivity index (χ2v) is 7.83. The number of amides is 1.